The molecule has 1 heterocycles. The number of hydrogen-bond donors (Lipinski definition) is 1. The number of carbonyl (C=O) groups is 1. The summed E-state index contributed by atoms with van der Waals surface area (Å²) < 4.78 is 0. The number of hydrogen-bond acceptors (Lipinski definition) is 3. The second kappa shape index (κ2) is 8.60. The largest absolute Gasteiger partial charge is 0.480 e. The quantitative estimate of drug-likeness (QED) is 0.680. The summed E-state index contributed by atoms with van der Waals surface area (Å²) in [5.41, 5.74) is 1.65. The highest BCUT2D eigenvalue weighted by molar-refractivity contribution is 7.60. The minimum absolute atomic E-state index is 0.219. The Hall–Kier alpha value is -0.990. The molecule has 1 atom stereocenters. The molecule has 0 saturated carbocycles. The molecular formula is C20H35N2O2P. The zero-order valence-corrected chi connectivity index (χ0v) is 18.0. The standard InChI is InChI=1S/C20H35N2O2P/c1-9-22(10-2)17(18(23)24)16-13-11-12-15(21-16)14-25(19(3,4)5)20(6,7)8/h11-13,17H,9-10,14H2,1-8H3,(H,23,24). The van der Waals surface area contributed by atoms with Crippen LogP contribution in [-0.4, -0.2) is 44.4 Å². The van der Waals surface area contributed by atoms with E-state index in [1.54, 1.807) is 0 Å². The number of likely N-dealkylation sites (N-methyl/N-ethyl adjacent to an activating group) is 1. The third-order valence-electron chi connectivity index (χ3n) is 4.46. The van der Waals surface area contributed by atoms with Crippen LogP contribution in [0.25, 0.3) is 0 Å². The first-order valence-electron chi connectivity index (χ1n) is 9.12. The van der Waals surface area contributed by atoms with Crippen LogP contribution in [0.5, 0.6) is 0 Å². The summed E-state index contributed by atoms with van der Waals surface area (Å²) in [6, 6.07) is 5.16. The fourth-order valence-corrected chi connectivity index (χ4v) is 6.90. The number of aromatic nitrogens is 1. The molecule has 1 unspecified atom stereocenters. The maximum atomic E-state index is 11.8. The van der Waals surface area contributed by atoms with Gasteiger partial charge in [0.05, 0.1) is 5.69 Å². The van der Waals surface area contributed by atoms with Crippen molar-refractivity contribution >= 4 is 13.9 Å². The van der Waals surface area contributed by atoms with E-state index < -0.39 is 12.0 Å². The first kappa shape index (κ1) is 22.1. The van der Waals surface area contributed by atoms with Gasteiger partial charge < -0.3 is 5.11 Å². The molecular weight excluding hydrogens is 331 g/mol. The summed E-state index contributed by atoms with van der Waals surface area (Å²) >= 11 is 0. The van der Waals surface area contributed by atoms with Crippen LogP contribution >= 0.6 is 7.92 Å². The smallest absolute Gasteiger partial charge is 0.327 e. The average molecular weight is 366 g/mol. The number of rotatable bonds is 7. The molecule has 0 fully saturated rings. The lowest BCUT2D eigenvalue weighted by atomic mass is 10.1. The summed E-state index contributed by atoms with van der Waals surface area (Å²) in [6.45, 7) is 19.1. The monoisotopic (exact) mass is 366 g/mol. The first-order valence-corrected chi connectivity index (χ1v) is 10.6. The Morgan fingerprint density at radius 3 is 2.04 bits per heavy atom. The third kappa shape index (κ3) is 6.04. The first-order chi connectivity index (χ1) is 11.4. The molecule has 5 heteroatoms. The Balaban J connectivity index is 3.21. The normalized spacial score (nSPS) is 14.2. The van der Waals surface area contributed by atoms with Crippen LogP contribution in [-0.2, 0) is 11.0 Å². The SMILES string of the molecule is CCN(CC)C(C(=O)O)c1cccc(CP(C(C)(C)C)C(C)(C)C)n1. The van der Waals surface area contributed by atoms with Crippen molar-refractivity contribution in [3.8, 4) is 0 Å². The minimum Gasteiger partial charge on any atom is -0.480 e. The average Bonchev–Trinajstić information content (AvgIpc) is 2.47. The predicted octanol–water partition coefficient (Wildman–Crippen LogP) is 5.13. The summed E-state index contributed by atoms with van der Waals surface area (Å²) in [6.07, 6.45) is 0.917. The number of aliphatic carboxylic acids is 1. The van der Waals surface area contributed by atoms with Crippen LogP contribution in [0.3, 0.4) is 0 Å². The fraction of sp³-hybridized carbons (Fsp3) is 0.700. The Kier molecular flexibility index (Phi) is 7.58. The van der Waals surface area contributed by atoms with Gasteiger partial charge >= 0.3 is 5.97 Å². The fourth-order valence-electron chi connectivity index (χ4n) is 3.44. The van der Waals surface area contributed by atoms with E-state index in [1.807, 2.05) is 36.9 Å². The predicted molar refractivity (Wildman–Crippen MR) is 108 cm³/mol. The van der Waals surface area contributed by atoms with Gasteiger partial charge in [0.25, 0.3) is 0 Å². The lowest BCUT2D eigenvalue weighted by molar-refractivity contribution is -0.143. The molecule has 0 saturated heterocycles. The minimum atomic E-state index is -0.831. The van der Waals surface area contributed by atoms with Crippen molar-refractivity contribution in [1.29, 1.82) is 0 Å². The van der Waals surface area contributed by atoms with Crippen molar-refractivity contribution in [2.45, 2.75) is 77.9 Å². The highest BCUT2D eigenvalue weighted by Gasteiger charge is 2.35. The Morgan fingerprint density at radius 1 is 1.12 bits per heavy atom. The van der Waals surface area contributed by atoms with E-state index in [0.717, 1.165) is 11.9 Å². The van der Waals surface area contributed by atoms with Gasteiger partial charge in [-0.2, -0.15) is 0 Å². The van der Waals surface area contributed by atoms with Gasteiger partial charge in [0.15, 0.2) is 6.04 Å². The van der Waals surface area contributed by atoms with Gasteiger partial charge in [-0.3, -0.25) is 14.7 Å². The summed E-state index contributed by atoms with van der Waals surface area (Å²) in [7, 11) is -0.312. The van der Waals surface area contributed by atoms with E-state index >= 15 is 0 Å². The molecule has 25 heavy (non-hydrogen) atoms. The van der Waals surface area contributed by atoms with Gasteiger partial charge in [-0.15, -0.1) is 0 Å². The Morgan fingerprint density at radius 2 is 1.64 bits per heavy atom. The van der Waals surface area contributed by atoms with E-state index in [1.165, 1.54) is 0 Å². The lowest BCUT2D eigenvalue weighted by Crippen LogP contribution is -2.34. The molecule has 0 aliphatic heterocycles. The summed E-state index contributed by atoms with van der Waals surface area (Å²) in [5.74, 6) is -0.831. The van der Waals surface area contributed by atoms with E-state index in [4.69, 9.17) is 4.98 Å². The van der Waals surface area contributed by atoms with Gasteiger partial charge in [-0.25, -0.2) is 0 Å². The van der Waals surface area contributed by atoms with Gasteiger partial charge in [-0.05, 0) is 35.5 Å². The zero-order valence-electron chi connectivity index (χ0n) is 17.1. The van der Waals surface area contributed by atoms with Crippen molar-refractivity contribution in [3.05, 3.63) is 29.6 Å². The Labute approximate surface area is 154 Å². The molecule has 1 aromatic rings. The second-order valence-corrected chi connectivity index (χ2v) is 12.3. The molecule has 142 valence electrons. The van der Waals surface area contributed by atoms with Crippen molar-refractivity contribution in [2.75, 3.05) is 13.1 Å². The van der Waals surface area contributed by atoms with E-state index in [0.29, 0.717) is 18.8 Å². The van der Waals surface area contributed by atoms with Crippen molar-refractivity contribution in [2.24, 2.45) is 0 Å². The van der Waals surface area contributed by atoms with Crippen LogP contribution < -0.4 is 0 Å². The number of carboxylic acid groups (broad SMARTS) is 1. The van der Waals surface area contributed by atoms with Gasteiger partial charge in [0.2, 0.25) is 0 Å². The van der Waals surface area contributed by atoms with Gasteiger partial charge in [0.1, 0.15) is 0 Å². The van der Waals surface area contributed by atoms with Crippen molar-refractivity contribution in [3.63, 3.8) is 0 Å². The molecule has 1 rings (SSSR count). The molecule has 0 aliphatic rings. The summed E-state index contributed by atoms with van der Waals surface area (Å²) in [4.78, 5) is 18.5. The maximum Gasteiger partial charge on any atom is 0.327 e. The molecule has 0 amide bonds. The molecule has 0 aliphatic carbocycles. The van der Waals surface area contributed by atoms with Crippen molar-refractivity contribution < 1.29 is 9.90 Å². The summed E-state index contributed by atoms with van der Waals surface area (Å²) in [5, 5.41) is 10.2. The number of carboxylic acids is 1. The van der Waals surface area contributed by atoms with E-state index in [9.17, 15) is 9.90 Å². The second-order valence-electron chi connectivity index (χ2n) is 8.44. The lowest BCUT2D eigenvalue weighted by Gasteiger charge is -2.41. The van der Waals surface area contributed by atoms with Crippen LogP contribution in [0, 0.1) is 0 Å². The van der Waals surface area contributed by atoms with Crippen LogP contribution in [0.1, 0.15) is 72.8 Å². The highest BCUT2D eigenvalue weighted by atomic mass is 31.1. The Bertz CT molecular complexity index is 558. The third-order valence-corrected chi connectivity index (χ3v) is 8.34. The molecule has 0 aromatic carbocycles. The molecule has 0 bridgehead atoms. The topological polar surface area (TPSA) is 53.4 Å². The highest BCUT2D eigenvalue weighted by Crippen LogP contribution is 2.61. The van der Waals surface area contributed by atoms with Crippen LogP contribution in [0.2, 0.25) is 0 Å². The van der Waals surface area contributed by atoms with Gasteiger partial charge in [0, 0.05) is 11.9 Å². The van der Waals surface area contributed by atoms with Crippen molar-refractivity contribution in [1.82, 2.24) is 9.88 Å². The molecule has 1 N–H and O–H groups in total. The van der Waals surface area contributed by atoms with Gasteiger partial charge in [-0.1, -0.05) is 69.4 Å². The number of nitrogens with zero attached hydrogens (tertiary/aromatic N) is 2. The molecule has 0 spiro atoms. The maximum absolute atomic E-state index is 11.8. The molecule has 1 aromatic heterocycles. The zero-order chi connectivity index (χ0) is 19.4. The van der Waals surface area contributed by atoms with E-state index in [2.05, 4.69) is 41.5 Å². The van der Waals surface area contributed by atoms with Crippen LogP contribution in [0.4, 0.5) is 0 Å². The van der Waals surface area contributed by atoms with E-state index in [-0.39, 0.29) is 18.2 Å². The van der Waals surface area contributed by atoms with Crippen LogP contribution in [0.15, 0.2) is 18.2 Å². The number of pyridine rings is 1. The molecule has 4 nitrogen and oxygen atoms in total. The molecule has 0 radical (unpaired) electrons.